The summed E-state index contributed by atoms with van der Waals surface area (Å²) in [5.41, 5.74) is 4.17. The van der Waals surface area contributed by atoms with Gasteiger partial charge in [0.1, 0.15) is 5.82 Å². The van der Waals surface area contributed by atoms with Gasteiger partial charge in [0, 0.05) is 13.7 Å². The molecule has 1 N–H and O–H groups in total. The molecule has 0 aliphatic carbocycles. The highest BCUT2D eigenvalue weighted by atomic mass is 16.5. The fourth-order valence-corrected chi connectivity index (χ4v) is 2.23. The van der Waals surface area contributed by atoms with Crippen LogP contribution in [0.1, 0.15) is 11.1 Å². The van der Waals surface area contributed by atoms with Gasteiger partial charge in [0.15, 0.2) is 0 Å². The van der Waals surface area contributed by atoms with Gasteiger partial charge in [-0.05, 0) is 23.3 Å². The van der Waals surface area contributed by atoms with Crippen molar-refractivity contribution in [1.29, 1.82) is 0 Å². The quantitative estimate of drug-likeness (QED) is 0.777. The van der Waals surface area contributed by atoms with Crippen LogP contribution in [0.3, 0.4) is 0 Å². The monoisotopic (exact) mass is 279 g/mol. The molecule has 3 rings (SSSR count). The number of nitrogens with one attached hydrogen (secondary N) is 1. The Morgan fingerprint density at radius 1 is 1.00 bits per heavy atom. The first-order chi connectivity index (χ1) is 10.3. The van der Waals surface area contributed by atoms with E-state index in [1.165, 1.54) is 11.1 Å². The Labute approximate surface area is 123 Å². The van der Waals surface area contributed by atoms with Gasteiger partial charge in [-0.2, -0.15) is 0 Å². The lowest BCUT2D eigenvalue weighted by Gasteiger charge is -2.08. The van der Waals surface area contributed by atoms with E-state index in [0.717, 1.165) is 16.9 Å². The van der Waals surface area contributed by atoms with Crippen LogP contribution in [0.25, 0.3) is 11.0 Å². The second kappa shape index (κ2) is 6.33. The van der Waals surface area contributed by atoms with Gasteiger partial charge < -0.3 is 10.1 Å². The second-order valence-electron chi connectivity index (χ2n) is 4.85. The molecule has 0 aliphatic heterocycles. The van der Waals surface area contributed by atoms with E-state index >= 15 is 0 Å². The molecule has 0 saturated heterocycles. The first-order valence-corrected chi connectivity index (χ1v) is 6.87. The maximum Gasteiger partial charge on any atom is 0.145 e. The normalized spacial score (nSPS) is 10.7. The Kier molecular flexibility index (Phi) is 4.07. The third-order valence-corrected chi connectivity index (χ3v) is 3.22. The Balaban J connectivity index is 1.72. The van der Waals surface area contributed by atoms with Gasteiger partial charge in [-0.25, -0.2) is 4.98 Å². The summed E-state index contributed by atoms with van der Waals surface area (Å²) in [6, 6.07) is 16.2. The van der Waals surface area contributed by atoms with Crippen molar-refractivity contribution >= 4 is 16.9 Å². The molecule has 0 spiro atoms. The number of ether oxygens (including phenoxy) is 1. The van der Waals surface area contributed by atoms with E-state index in [0.29, 0.717) is 13.2 Å². The van der Waals surface area contributed by atoms with Crippen molar-refractivity contribution in [1.82, 2.24) is 9.97 Å². The molecule has 1 aromatic heterocycles. The van der Waals surface area contributed by atoms with Crippen LogP contribution in [-0.2, 0) is 17.9 Å². The van der Waals surface area contributed by atoms with Crippen molar-refractivity contribution < 1.29 is 4.74 Å². The lowest BCUT2D eigenvalue weighted by molar-refractivity contribution is 0.185. The van der Waals surface area contributed by atoms with Gasteiger partial charge in [0.05, 0.1) is 23.8 Å². The summed E-state index contributed by atoms with van der Waals surface area (Å²) in [5.74, 6) is 0.783. The van der Waals surface area contributed by atoms with Crippen molar-refractivity contribution in [3.63, 3.8) is 0 Å². The molecule has 0 aliphatic rings. The number of nitrogens with zero attached hydrogens (tertiary/aromatic N) is 2. The van der Waals surface area contributed by atoms with Crippen molar-refractivity contribution in [3.05, 3.63) is 65.9 Å². The minimum absolute atomic E-state index is 0.629. The largest absolute Gasteiger partial charge is 0.380 e. The molecular formula is C17H17N3O. The fourth-order valence-electron chi connectivity index (χ4n) is 2.23. The summed E-state index contributed by atoms with van der Waals surface area (Å²) < 4.78 is 5.15. The van der Waals surface area contributed by atoms with Crippen LogP contribution in [0.15, 0.2) is 54.7 Å². The minimum atomic E-state index is 0.629. The molecule has 4 heteroatoms. The zero-order chi connectivity index (χ0) is 14.5. The number of hydrogen-bond donors (Lipinski definition) is 1. The predicted molar refractivity (Wildman–Crippen MR) is 84.0 cm³/mol. The molecule has 3 aromatic rings. The summed E-state index contributed by atoms with van der Waals surface area (Å²) in [6.07, 6.45) is 1.77. The summed E-state index contributed by atoms with van der Waals surface area (Å²) in [4.78, 5) is 8.95. The van der Waals surface area contributed by atoms with E-state index in [2.05, 4.69) is 33.5 Å². The third-order valence-electron chi connectivity index (χ3n) is 3.22. The molecule has 2 aromatic carbocycles. The van der Waals surface area contributed by atoms with Crippen LogP contribution in [0, 0.1) is 0 Å². The number of anilines is 1. The Bertz CT molecular complexity index is 743. The van der Waals surface area contributed by atoms with E-state index in [1.54, 1.807) is 13.3 Å². The Morgan fingerprint density at radius 3 is 2.67 bits per heavy atom. The zero-order valence-electron chi connectivity index (χ0n) is 11.9. The minimum Gasteiger partial charge on any atom is -0.380 e. The SMILES string of the molecule is COCc1cccc(CNc2cnc3ccccc3n2)c1. The predicted octanol–water partition coefficient (Wildman–Crippen LogP) is 3.39. The lowest BCUT2D eigenvalue weighted by atomic mass is 10.1. The van der Waals surface area contributed by atoms with Gasteiger partial charge in [-0.15, -0.1) is 0 Å². The highest BCUT2D eigenvalue weighted by Gasteiger charge is 2.00. The summed E-state index contributed by atoms with van der Waals surface area (Å²) in [6.45, 7) is 1.34. The van der Waals surface area contributed by atoms with E-state index in [-0.39, 0.29) is 0 Å². The molecule has 1 heterocycles. The number of fused-ring (bicyclic) bond motifs is 1. The maximum absolute atomic E-state index is 5.15. The second-order valence-corrected chi connectivity index (χ2v) is 4.85. The van der Waals surface area contributed by atoms with Crippen LogP contribution < -0.4 is 5.32 Å². The van der Waals surface area contributed by atoms with E-state index in [1.807, 2.05) is 30.3 Å². The van der Waals surface area contributed by atoms with Crippen molar-refractivity contribution in [3.8, 4) is 0 Å². The van der Waals surface area contributed by atoms with Crippen LogP contribution in [0.4, 0.5) is 5.82 Å². The van der Waals surface area contributed by atoms with Gasteiger partial charge in [0.2, 0.25) is 0 Å². The fraction of sp³-hybridized carbons (Fsp3) is 0.176. The van der Waals surface area contributed by atoms with Crippen LogP contribution in [0.2, 0.25) is 0 Å². The van der Waals surface area contributed by atoms with E-state index in [4.69, 9.17) is 4.74 Å². The molecule has 0 unspecified atom stereocenters. The van der Waals surface area contributed by atoms with E-state index in [9.17, 15) is 0 Å². The summed E-state index contributed by atoms with van der Waals surface area (Å²) in [5, 5.41) is 3.31. The van der Waals surface area contributed by atoms with Crippen molar-refractivity contribution in [2.75, 3.05) is 12.4 Å². The number of hydrogen-bond acceptors (Lipinski definition) is 4. The van der Waals surface area contributed by atoms with Crippen LogP contribution in [0.5, 0.6) is 0 Å². The number of methoxy groups -OCH3 is 1. The molecule has 0 radical (unpaired) electrons. The number of benzene rings is 2. The molecule has 0 amide bonds. The molecular weight excluding hydrogens is 262 g/mol. The Hall–Kier alpha value is -2.46. The zero-order valence-corrected chi connectivity index (χ0v) is 11.9. The van der Waals surface area contributed by atoms with Crippen LogP contribution >= 0.6 is 0 Å². The first-order valence-electron chi connectivity index (χ1n) is 6.87. The molecule has 106 valence electrons. The van der Waals surface area contributed by atoms with Crippen molar-refractivity contribution in [2.45, 2.75) is 13.2 Å². The van der Waals surface area contributed by atoms with Gasteiger partial charge in [-0.1, -0.05) is 36.4 Å². The first kappa shape index (κ1) is 13.5. The van der Waals surface area contributed by atoms with Crippen LogP contribution in [-0.4, -0.2) is 17.1 Å². The average Bonchev–Trinajstić information content (AvgIpc) is 2.53. The number of aromatic nitrogens is 2. The standard InChI is InChI=1S/C17H17N3O/c1-21-12-14-6-4-5-13(9-14)10-19-17-11-18-15-7-2-3-8-16(15)20-17/h2-9,11H,10,12H2,1H3,(H,19,20). The van der Waals surface area contributed by atoms with Crippen molar-refractivity contribution in [2.24, 2.45) is 0 Å². The van der Waals surface area contributed by atoms with Gasteiger partial charge in [0.25, 0.3) is 0 Å². The highest BCUT2D eigenvalue weighted by molar-refractivity contribution is 5.75. The average molecular weight is 279 g/mol. The summed E-state index contributed by atoms with van der Waals surface area (Å²) in [7, 11) is 1.70. The molecule has 0 saturated carbocycles. The topological polar surface area (TPSA) is 47.0 Å². The number of para-hydroxylation sites is 2. The maximum atomic E-state index is 5.15. The van der Waals surface area contributed by atoms with Gasteiger partial charge >= 0.3 is 0 Å². The van der Waals surface area contributed by atoms with E-state index < -0.39 is 0 Å². The highest BCUT2D eigenvalue weighted by Crippen LogP contribution is 2.13. The third kappa shape index (κ3) is 3.35. The molecule has 21 heavy (non-hydrogen) atoms. The Morgan fingerprint density at radius 2 is 1.81 bits per heavy atom. The molecule has 0 bridgehead atoms. The molecule has 4 nitrogen and oxygen atoms in total. The number of rotatable bonds is 5. The lowest BCUT2D eigenvalue weighted by Crippen LogP contribution is -2.02. The van der Waals surface area contributed by atoms with Gasteiger partial charge in [-0.3, -0.25) is 4.98 Å². The molecule has 0 fully saturated rings. The smallest absolute Gasteiger partial charge is 0.145 e. The molecule has 0 atom stereocenters. The summed E-state index contributed by atoms with van der Waals surface area (Å²) >= 11 is 0.